The maximum absolute atomic E-state index is 13.7. The van der Waals surface area contributed by atoms with Crippen LogP contribution in [0, 0.1) is 6.92 Å². The highest BCUT2D eigenvalue weighted by Gasteiger charge is 2.63. The SMILES string of the molecule is COCCNC(=O)c1cc(Cl)cc(C)c1NC(=O)c1cc(OC2(C(F)(F)F)COC2)nn1-c1ncccc1Cl. The van der Waals surface area contributed by atoms with E-state index in [-0.39, 0.29) is 46.0 Å². The van der Waals surface area contributed by atoms with E-state index in [1.807, 2.05) is 0 Å². The van der Waals surface area contributed by atoms with E-state index in [9.17, 15) is 22.8 Å². The lowest BCUT2D eigenvalue weighted by molar-refractivity contribution is -0.323. The van der Waals surface area contributed by atoms with E-state index in [4.69, 9.17) is 37.4 Å². The lowest BCUT2D eigenvalue weighted by Gasteiger charge is -2.41. The zero-order chi connectivity index (χ0) is 28.4. The molecule has 1 saturated heterocycles. The predicted octanol–water partition coefficient (Wildman–Crippen LogP) is 4.22. The van der Waals surface area contributed by atoms with Gasteiger partial charge in [0.05, 0.1) is 36.1 Å². The van der Waals surface area contributed by atoms with Crippen LogP contribution in [0.25, 0.3) is 5.82 Å². The Bertz CT molecular complexity index is 1390. The fourth-order valence-corrected chi connectivity index (χ4v) is 4.14. The average molecular weight is 588 g/mol. The second kappa shape index (κ2) is 11.4. The predicted molar refractivity (Wildman–Crippen MR) is 135 cm³/mol. The highest BCUT2D eigenvalue weighted by atomic mass is 35.5. The fourth-order valence-electron chi connectivity index (χ4n) is 3.66. The number of nitrogens with zero attached hydrogens (tertiary/aromatic N) is 3. The molecule has 0 aliphatic carbocycles. The molecule has 0 spiro atoms. The molecule has 39 heavy (non-hydrogen) atoms. The van der Waals surface area contributed by atoms with Gasteiger partial charge < -0.3 is 24.8 Å². The van der Waals surface area contributed by atoms with Crippen molar-refractivity contribution in [2.75, 3.05) is 38.8 Å². The van der Waals surface area contributed by atoms with Crippen LogP contribution in [0.2, 0.25) is 10.0 Å². The number of halogens is 5. The Morgan fingerprint density at radius 1 is 1.21 bits per heavy atom. The minimum Gasteiger partial charge on any atom is -0.455 e. The van der Waals surface area contributed by atoms with E-state index in [2.05, 4.69) is 20.7 Å². The van der Waals surface area contributed by atoms with Crippen molar-refractivity contribution < 1.29 is 37.0 Å². The number of amides is 2. The molecule has 0 radical (unpaired) electrons. The van der Waals surface area contributed by atoms with Gasteiger partial charge in [0.2, 0.25) is 5.88 Å². The summed E-state index contributed by atoms with van der Waals surface area (Å²) in [6.07, 6.45) is -3.39. The molecule has 1 aliphatic heterocycles. The van der Waals surface area contributed by atoms with Crippen LogP contribution in [-0.4, -0.2) is 71.8 Å². The number of methoxy groups -OCH3 is 1. The van der Waals surface area contributed by atoms with Gasteiger partial charge in [-0.05, 0) is 36.8 Å². The van der Waals surface area contributed by atoms with E-state index < -0.39 is 42.7 Å². The van der Waals surface area contributed by atoms with Gasteiger partial charge in [0.25, 0.3) is 17.4 Å². The number of nitrogens with one attached hydrogen (secondary N) is 2. The summed E-state index contributed by atoms with van der Waals surface area (Å²) in [7, 11) is 1.48. The molecule has 1 fully saturated rings. The number of carbonyl (C=O) groups is 2. The number of carbonyl (C=O) groups excluding carboxylic acids is 2. The van der Waals surface area contributed by atoms with Crippen molar-refractivity contribution in [3.05, 3.63) is 63.4 Å². The molecule has 2 aromatic heterocycles. The topological polar surface area (TPSA) is 117 Å². The van der Waals surface area contributed by atoms with Crippen LogP contribution < -0.4 is 15.4 Å². The Labute approximate surface area is 230 Å². The Morgan fingerprint density at radius 3 is 2.56 bits per heavy atom. The highest BCUT2D eigenvalue weighted by Crippen LogP contribution is 2.40. The number of hydrogen-bond donors (Lipinski definition) is 2. The largest absolute Gasteiger partial charge is 0.455 e. The van der Waals surface area contributed by atoms with Gasteiger partial charge in [-0.1, -0.05) is 23.2 Å². The zero-order valence-corrected chi connectivity index (χ0v) is 22.1. The summed E-state index contributed by atoms with van der Waals surface area (Å²) in [5, 5.41) is 9.65. The summed E-state index contributed by atoms with van der Waals surface area (Å²) >= 11 is 12.4. The first kappa shape index (κ1) is 28.6. The van der Waals surface area contributed by atoms with Gasteiger partial charge in [-0.25, -0.2) is 9.67 Å². The molecule has 0 atom stereocenters. The lowest BCUT2D eigenvalue weighted by atomic mass is 10.0. The molecule has 15 heteroatoms. The third-order valence-corrected chi connectivity index (χ3v) is 6.23. The Morgan fingerprint density at radius 2 is 1.95 bits per heavy atom. The first-order valence-electron chi connectivity index (χ1n) is 11.4. The third kappa shape index (κ3) is 5.96. The summed E-state index contributed by atoms with van der Waals surface area (Å²) in [5.41, 5.74) is -2.24. The number of benzene rings is 1. The van der Waals surface area contributed by atoms with Crippen LogP contribution >= 0.6 is 23.2 Å². The molecule has 3 aromatic rings. The minimum absolute atomic E-state index is 0.0320. The number of hydrogen-bond acceptors (Lipinski definition) is 7. The summed E-state index contributed by atoms with van der Waals surface area (Å²) in [6, 6.07) is 6.93. The van der Waals surface area contributed by atoms with Crippen molar-refractivity contribution in [3.63, 3.8) is 0 Å². The van der Waals surface area contributed by atoms with E-state index in [1.54, 1.807) is 6.92 Å². The van der Waals surface area contributed by atoms with E-state index in [1.165, 1.54) is 37.6 Å². The molecule has 4 rings (SSSR count). The van der Waals surface area contributed by atoms with Crippen molar-refractivity contribution in [2.24, 2.45) is 0 Å². The van der Waals surface area contributed by atoms with E-state index in [0.717, 1.165) is 10.7 Å². The van der Waals surface area contributed by atoms with Crippen LogP contribution in [0.1, 0.15) is 26.4 Å². The van der Waals surface area contributed by atoms with Crippen molar-refractivity contribution in [2.45, 2.75) is 18.7 Å². The Hall–Kier alpha value is -3.39. The van der Waals surface area contributed by atoms with Gasteiger partial charge in [0.15, 0.2) is 5.82 Å². The zero-order valence-electron chi connectivity index (χ0n) is 20.6. The first-order valence-corrected chi connectivity index (χ1v) is 12.1. The molecule has 3 heterocycles. The Kier molecular flexibility index (Phi) is 8.35. The van der Waals surface area contributed by atoms with E-state index in [0.29, 0.717) is 5.56 Å². The monoisotopic (exact) mass is 587 g/mol. The lowest BCUT2D eigenvalue weighted by Crippen LogP contribution is -2.64. The number of pyridine rings is 1. The fraction of sp³-hybridized carbons (Fsp3) is 0.333. The number of anilines is 1. The Balaban J connectivity index is 1.73. The smallest absolute Gasteiger partial charge is 0.432 e. The molecule has 208 valence electrons. The molecule has 0 unspecified atom stereocenters. The third-order valence-electron chi connectivity index (χ3n) is 5.72. The molecule has 0 bridgehead atoms. The number of ether oxygens (including phenoxy) is 3. The minimum atomic E-state index is -4.76. The van der Waals surface area contributed by atoms with Crippen molar-refractivity contribution in [3.8, 4) is 11.7 Å². The average Bonchev–Trinajstić information content (AvgIpc) is 3.26. The molecule has 2 amide bonds. The summed E-state index contributed by atoms with van der Waals surface area (Å²) in [4.78, 5) is 30.5. The number of rotatable bonds is 9. The van der Waals surface area contributed by atoms with Crippen LogP contribution in [0.5, 0.6) is 5.88 Å². The standard InChI is InChI=1S/C24H22Cl2F3N5O5/c1-13-8-14(25)9-15(21(35)31-6-7-37-2)19(13)32-22(36)17-10-18(39-23(11-38-12-23)24(27,28)29)33-34(17)20-16(26)4-3-5-30-20/h3-5,8-10H,6-7,11-12H2,1-2H3,(H,31,35)(H,32,36). The van der Waals surface area contributed by atoms with Gasteiger partial charge in [-0.15, -0.1) is 5.10 Å². The molecule has 2 N–H and O–H groups in total. The maximum atomic E-state index is 13.7. The number of aryl methyl sites for hydroxylation is 1. The van der Waals surface area contributed by atoms with Gasteiger partial charge in [0, 0.05) is 30.9 Å². The molecular weight excluding hydrogens is 566 g/mol. The summed E-state index contributed by atoms with van der Waals surface area (Å²) in [5.74, 6) is -1.90. The number of aromatic nitrogens is 3. The molecular formula is C24H22Cl2F3N5O5. The second-order valence-electron chi connectivity index (χ2n) is 8.52. The number of alkyl halides is 3. The molecule has 1 aromatic carbocycles. The van der Waals surface area contributed by atoms with Crippen LogP contribution in [0.15, 0.2) is 36.5 Å². The molecule has 10 nitrogen and oxygen atoms in total. The van der Waals surface area contributed by atoms with Gasteiger partial charge in [-0.3, -0.25) is 9.59 Å². The van der Waals surface area contributed by atoms with Crippen molar-refractivity contribution in [1.82, 2.24) is 20.1 Å². The normalized spacial score (nSPS) is 14.4. The quantitative estimate of drug-likeness (QED) is 0.360. The van der Waals surface area contributed by atoms with Crippen molar-refractivity contribution >= 4 is 40.7 Å². The van der Waals surface area contributed by atoms with Crippen LogP contribution in [0.3, 0.4) is 0 Å². The van der Waals surface area contributed by atoms with Crippen LogP contribution in [0.4, 0.5) is 18.9 Å². The van der Waals surface area contributed by atoms with Gasteiger partial charge >= 0.3 is 6.18 Å². The van der Waals surface area contributed by atoms with Gasteiger partial charge in [0.1, 0.15) is 5.69 Å². The maximum Gasteiger partial charge on any atom is 0.432 e. The second-order valence-corrected chi connectivity index (χ2v) is 9.37. The summed E-state index contributed by atoms with van der Waals surface area (Å²) in [6.45, 7) is 0.606. The summed E-state index contributed by atoms with van der Waals surface area (Å²) < 4.78 is 56.9. The molecule has 1 aliphatic rings. The van der Waals surface area contributed by atoms with Crippen molar-refractivity contribution in [1.29, 1.82) is 0 Å². The first-order chi connectivity index (χ1) is 18.5. The van der Waals surface area contributed by atoms with Gasteiger partial charge in [-0.2, -0.15) is 13.2 Å². The highest BCUT2D eigenvalue weighted by molar-refractivity contribution is 6.32. The van der Waals surface area contributed by atoms with E-state index >= 15 is 0 Å². The van der Waals surface area contributed by atoms with Crippen LogP contribution in [-0.2, 0) is 9.47 Å². The molecule has 0 saturated carbocycles.